The zero-order valence-corrected chi connectivity index (χ0v) is 12.0. The number of imidazole rings is 1. The molecule has 0 aliphatic heterocycles. The molecule has 106 valence electrons. The number of aromatic amines is 1. The van der Waals surface area contributed by atoms with Crippen LogP contribution in [0.4, 0.5) is 0 Å². The molecular formula is C15H12ClN3O2. The molecule has 0 amide bonds. The van der Waals surface area contributed by atoms with Crippen molar-refractivity contribution in [2.45, 2.75) is 5.88 Å². The van der Waals surface area contributed by atoms with Gasteiger partial charge in [-0.1, -0.05) is 18.2 Å². The molecule has 3 rings (SSSR count). The van der Waals surface area contributed by atoms with Crippen molar-refractivity contribution in [3.8, 4) is 11.4 Å². The highest BCUT2D eigenvalue weighted by molar-refractivity contribution is 6.17. The van der Waals surface area contributed by atoms with Crippen molar-refractivity contribution in [3.05, 3.63) is 47.7 Å². The van der Waals surface area contributed by atoms with Crippen molar-refractivity contribution in [1.82, 2.24) is 15.0 Å². The quantitative estimate of drug-likeness (QED) is 0.596. The number of nitrogens with one attached hydrogen (secondary N) is 1. The highest BCUT2D eigenvalue weighted by Gasteiger charge is 2.11. The number of esters is 1. The van der Waals surface area contributed by atoms with E-state index in [1.807, 2.05) is 24.3 Å². The molecule has 0 spiro atoms. The Morgan fingerprint density at radius 2 is 2.24 bits per heavy atom. The molecule has 5 nitrogen and oxygen atoms in total. The van der Waals surface area contributed by atoms with Crippen LogP contribution < -0.4 is 0 Å². The fourth-order valence-electron chi connectivity index (χ4n) is 2.07. The van der Waals surface area contributed by atoms with Gasteiger partial charge in [0.1, 0.15) is 5.82 Å². The van der Waals surface area contributed by atoms with Gasteiger partial charge >= 0.3 is 5.97 Å². The summed E-state index contributed by atoms with van der Waals surface area (Å²) < 4.78 is 4.68. The normalized spacial score (nSPS) is 10.8. The van der Waals surface area contributed by atoms with Crippen molar-refractivity contribution in [2.75, 3.05) is 7.11 Å². The summed E-state index contributed by atoms with van der Waals surface area (Å²) in [5.41, 5.74) is 3.55. The Morgan fingerprint density at radius 1 is 1.38 bits per heavy atom. The summed E-state index contributed by atoms with van der Waals surface area (Å²) in [5, 5.41) is 0. The summed E-state index contributed by atoms with van der Waals surface area (Å²) in [6, 6.07) is 9.46. The van der Waals surface area contributed by atoms with Crippen molar-refractivity contribution in [1.29, 1.82) is 0 Å². The van der Waals surface area contributed by atoms with E-state index in [2.05, 4.69) is 19.7 Å². The fraction of sp³-hybridized carbons (Fsp3) is 0.133. The van der Waals surface area contributed by atoms with Gasteiger partial charge in [0.2, 0.25) is 0 Å². The molecule has 0 saturated carbocycles. The molecule has 21 heavy (non-hydrogen) atoms. The number of H-pyrrole nitrogens is 1. The maximum atomic E-state index is 11.5. The van der Waals surface area contributed by atoms with Crippen LogP contribution in [0.25, 0.3) is 22.6 Å². The van der Waals surface area contributed by atoms with Crippen LogP contribution in [0, 0.1) is 0 Å². The van der Waals surface area contributed by atoms with Gasteiger partial charge in [-0.05, 0) is 17.7 Å². The second-order valence-electron chi connectivity index (χ2n) is 4.51. The predicted octanol–water partition coefficient (Wildman–Crippen LogP) is 3.15. The summed E-state index contributed by atoms with van der Waals surface area (Å²) in [7, 11) is 1.34. The molecule has 0 bridgehead atoms. The Hall–Kier alpha value is -2.40. The summed E-state index contributed by atoms with van der Waals surface area (Å²) in [4.78, 5) is 23.3. The third-order valence-corrected chi connectivity index (χ3v) is 3.42. The maximum absolute atomic E-state index is 11.5. The summed E-state index contributed by atoms with van der Waals surface area (Å²) >= 11 is 5.84. The number of methoxy groups -OCH3 is 1. The average molecular weight is 302 g/mol. The van der Waals surface area contributed by atoms with Crippen LogP contribution in [-0.2, 0) is 10.6 Å². The number of fused-ring (bicyclic) bond motifs is 1. The van der Waals surface area contributed by atoms with Crippen molar-refractivity contribution in [3.63, 3.8) is 0 Å². The fourth-order valence-corrected chi connectivity index (χ4v) is 2.23. The number of halogens is 1. The largest absolute Gasteiger partial charge is 0.465 e. The first-order chi connectivity index (χ1) is 10.2. The summed E-state index contributed by atoms with van der Waals surface area (Å²) in [6.07, 6.45) is 1.45. The molecule has 0 atom stereocenters. The number of aromatic nitrogens is 3. The first-order valence-electron chi connectivity index (χ1n) is 6.30. The molecule has 3 aromatic rings. The second-order valence-corrected chi connectivity index (χ2v) is 4.77. The van der Waals surface area contributed by atoms with Crippen molar-refractivity contribution >= 4 is 28.7 Å². The summed E-state index contributed by atoms with van der Waals surface area (Å²) in [5.74, 6) is 0.704. The van der Waals surface area contributed by atoms with Crippen molar-refractivity contribution < 1.29 is 9.53 Å². The molecule has 6 heteroatoms. The van der Waals surface area contributed by atoms with Gasteiger partial charge in [-0.2, -0.15) is 0 Å². The molecule has 0 fully saturated rings. The number of nitrogens with zero attached hydrogens (tertiary/aromatic N) is 2. The lowest BCUT2D eigenvalue weighted by Crippen LogP contribution is -2.01. The van der Waals surface area contributed by atoms with Crippen LogP contribution in [0.3, 0.4) is 0 Å². The molecule has 1 N–H and O–H groups in total. The Labute approximate surface area is 125 Å². The lowest BCUT2D eigenvalue weighted by molar-refractivity contribution is 0.0600. The maximum Gasteiger partial charge on any atom is 0.339 e. The molecule has 2 heterocycles. The minimum absolute atomic E-state index is 0.384. The lowest BCUT2D eigenvalue weighted by atomic mass is 10.1. The van der Waals surface area contributed by atoms with Crippen LogP contribution >= 0.6 is 11.6 Å². The average Bonchev–Trinajstić information content (AvgIpc) is 2.97. The highest BCUT2D eigenvalue weighted by Crippen LogP contribution is 2.21. The zero-order chi connectivity index (χ0) is 14.8. The molecule has 0 saturated heterocycles. The Balaban J connectivity index is 2.06. The molecule has 0 radical (unpaired) electrons. The number of alkyl halides is 1. The van der Waals surface area contributed by atoms with Gasteiger partial charge in [0.25, 0.3) is 0 Å². The molecule has 0 aliphatic rings. The van der Waals surface area contributed by atoms with Crippen LogP contribution in [0.1, 0.15) is 15.9 Å². The second kappa shape index (κ2) is 5.54. The lowest BCUT2D eigenvalue weighted by Gasteiger charge is -1.99. The number of pyridine rings is 1. The van der Waals surface area contributed by atoms with Crippen LogP contribution in [0.2, 0.25) is 0 Å². The highest BCUT2D eigenvalue weighted by atomic mass is 35.5. The number of hydrogen-bond donors (Lipinski definition) is 1. The predicted molar refractivity (Wildman–Crippen MR) is 80.2 cm³/mol. The van der Waals surface area contributed by atoms with Gasteiger partial charge in [-0.25, -0.2) is 14.8 Å². The number of benzene rings is 1. The smallest absolute Gasteiger partial charge is 0.339 e. The van der Waals surface area contributed by atoms with Crippen LogP contribution in [0.15, 0.2) is 36.5 Å². The van der Waals surface area contributed by atoms with Gasteiger partial charge in [0.15, 0.2) is 5.65 Å². The van der Waals surface area contributed by atoms with E-state index < -0.39 is 5.97 Å². The van der Waals surface area contributed by atoms with E-state index in [9.17, 15) is 4.79 Å². The van der Waals surface area contributed by atoms with E-state index >= 15 is 0 Å². The minimum atomic E-state index is -0.426. The number of carbonyl (C=O) groups is 1. The van der Waals surface area contributed by atoms with Crippen molar-refractivity contribution in [2.24, 2.45) is 0 Å². The molecule has 2 aromatic heterocycles. The van der Waals surface area contributed by atoms with E-state index in [0.29, 0.717) is 28.4 Å². The van der Waals surface area contributed by atoms with Gasteiger partial charge in [0.05, 0.1) is 18.2 Å². The standard InChI is InChI=1S/C15H12ClN3O2/c1-21-15(20)11-6-12-14(17-8-11)19-13(18-12)10-4-2-3-9(5-10)7-16/h2-6,8H,7H2,1H3,(H,17,18,19). The molecular weight excluding hydrogens is 290 g/mol. The van der Waals surface area contributed by atoms with Gasteiger partial charge in [-0.15, -0.1) is 11.6 Å². The van der Waals surface area contributed by atoms with E-state index in [1.54, 1.807) is 6.07 Å². The Kier molecular flexibility index (Phi) is 3.58. The minimum Gasteiger partial charge on any atom is -0.465 e. The van der Waals surface area contributed by atoms with E-state index in [0.717, 1.165) is 11.1 Å². The third kappa shape index (κ3) is 2.60. The molecule has 0 aliphatic carbocycles. The van der Waals surface area contributed by atoms with Gasteiger partial charge in [-0.3, -0.25) is 0 Å². The monoisotopic (exact) mass is 301 g/mol. The van der Waals surface area contributed by atoms with Crippen LogP contribution in [-0.4, -0.2) is 28.0 Å². The molecule has 0 unspecified atom stereocenters. The summed E-state index contributed by atoms with van der Waals surface area (Å²) in [6.45, 7) is 0. The zero-order valence-electron chi connectivity index (χ0n) is 11.3. The van der Waals surface area contributed by atoms with E-state index in [4.69, 9.17) is 11.6 Å². The van der Waals surface area contributed by atoms with Gasteiger partial charge in [0, 0.05) is 17.6 Å². The van der Waals surface area contributed by atoms with Crippen LogP contribution in [0.5, 0.6) is 0 Å². The SMILES string of the molecule is COC(=O)c1cnc2nc(-c3cccc(CCl)c3)[nH]c2c1. The number of ether oxygens (including phenoxy) is 1. The number of rotatable bonds is 3. The first-order valence-corrected chi connectivity index (χ1v) is 6.84. The Bertz CT molecular complexity index is 814. The number of carbonyl (C=O) groups excluding carboxylic acids is 1. The topological polar surface area (TPSA) is 67.9 Å². The first kappa shape index (κ1) is 13.6. The Morgan fingerprint density at radius 3 is 3.00 bits per heavy atom. The van der Waals surface area contributed by atoms with Gasteiger partial charge < -0.3 is 9.72 Å². The van der Waals surface area contributed by atoms with E-state index in [-0.39, 0.29) is 0 Å². The number of hydrogen-bond acceptors (Lipinski definition) is 4. The molecule has 1 aromatic carbocycles. The van der Waals surface area contributed by atoms with E-state index in [1.165, 1.54) is 13.3 Å². The third-order valence-electron chi connectivity index (χ3n) is 3.11.